The lowest BCUT2D eigenvalue weighted by Crippen LogP contribution is -2.21. The summed E-state index contributed by atoms with van der Waals surface area (Å²) in [5, 5.41) is 14.8. The third-order valence-corrected chi connectivity index (χ3v) is 4.87. The second-order valence-electron chi connectivity index (χ2n) is 6.66. The number of nitrogens with one attached hydrogen (secondary N) is 1. The first kappa shape index (κ1) is 20.5. The van der Waals surface area contributed by atoms with Crippen molar-refractivity contribution in [1.82, 2.24) is 20.2 Å². The summed E-state index contributed by atoms with van der Waals surface area (Å²) in [6, 6.07) is 12.5. The fourth-order valence-corrected chi connectivity index (χ4v) is 3.48. The molecule has 3 rings (SSSR count). The van der Waals surface area contributed by atoms with E-state index >= 15 is 0 Å². The van der Waals surface area contributed by atoms with Crippen LogP contribution in [0.5, 0.6) is 5.75 Å². The number of nitrogens with zero attached hydrogens (tertiary/aromatic N) is 4. The van der Waals surface area contributed by atoms with E-state index in [0.29, 0.717) is 22.8 Å². The van der Waals surface area contributed by atoms with Gasteiger partial charge in [-0.05, 0) is 29.8 Å². The summed E-state index contributed by atoms with van der Waals surface area (Å²) in [6.45, 7) is 1.83. The molecule has 1 aromatic heterocycles. The van der Waals surface area contributed by atoms with Gasteiger partial charge in [-0.3, -0.25) is 4.79 Å². The quantitative estimate of drug-likeness (QED) is 0.626. The number of sulfone groups is 1. The van der Waals surface area contributed by atoms with Crippen LogP contribution in [-0.4, -0.2) is 47.9 Å². The Bertz CT molecular complexity index is 1120. The summed E-state index contributed by atoms with van der Waals surface area (Å²) in [7, 11) is -1.74. The van der Waals surface area contributed by atoms with Crippen molar-refractivity contribution in [2.75, 3.05) is 18.7 Å². The Morgan fingerprint density at radius 1 is 1.17 bits per heavy atom. The van der Waals surface area contributed by atoms with Gasteiger partial charge in [0, 0.05) is 11.8 Å². The van der Waals surface area contributed by atoms with Gasteiger partial charge in [0.05, 0.1) is 18.6 Å². The number of hydrogen-bond acceptors (Lipinski definition) is 7. The number of carbonyl (C=O) groups excluding carboxylic acids is 1. The molecule has 0 bridgehead atoms. The zero-order valence-electron chi connectivity index (χ0n) is 16.3. The van der Waals surface area contributed by atoms with Crippen LogP contribution in [0.2, 0.25) is 0 Å². The van der Waals surface area contributed by atoms with Crippen LogP contribution in [0.4, 0.5) is 5.69 Å². The zero-order valence-corrected chi connectivity index (χ0v) is 17.1. The van der Waals surface area contributed by atoms with Crippen molar-refractivity contribution >= 4 is 21.4 Å². The topological polar surface area (TPSA) is 116 Å². The molecule has 0 spiro atoms. The number of tetrazole rings is 1. The van der Waals surface area contributed by atoms with Crippen molar-refractivity contribution in [3.05, 3.63) is 53.6 Å². The number of methoxy groups -OCH3 is 1. The third kappa shape index (κ3) is 5.61. The van der Waals surface area contributed by atoms with E-state index in [1.165, 1.54) is 11.9 Å². The molecule has 152 valence electrons. The molecule has 9 nitrogen and oxygen atoms in total. The summed E-state index contributed by atoms with van der Waals surface area (Å²) in [5.74, 6) is 0.311. The van der Waals surface area contributed by atoms with Crippen LogP contribution in [-0.2, 0) is 26.9 Å². The predicted octanol–water partition coefficient (Wildman–Crippen LogP) is 1.84. The van der Waals surface area contributed by atoms with E-state index in [1.807, 2.05) is 31.2 Å². The number of hydrogen-bond donors (Lipinski definition) is 1. The summed E-state index contributed by atoms with van der Waals surface area (Å²) >= 11 is 0. The lowest BCUT2D eigenvalue weighted by molar-refractivity contribution is -0.117. The number of amides is 1. The lowest BCUT2D eigenvalue weighted by atomic mass is 10.1. The van der Waals surface area contributed by atoms with Gasteiger partial charge < -0.3 is 10.1 Å². The molecule has 0 aliphatic carbocycles. The third-order valence-electron chi connectivity index (χ3n) is 4.01. The SMILES string of the molecule is COc1ccc(CS(C)(=O)=O)cc1NC(=O)Cn1nnc(-c2ccc(C)cc2)n1. The second kappa shape index (κ2) is 8.39. The van der Waals surface area contributed by atoms with Gasteiger partial charge >= 0.3 is 0 Å². The fourth-order valence-electron chi connectivity index (χ4n) is 2.69. The van der Waals surface area contributed by atoms with E-state index in [4.69, 9.17) is 4.74 Å². The van der Waals surface area contributed by atoms with Gasteiger partial charge in [-0.1, -0.05) is 35.9 Å². The predicted molar refractivity (Wildman–Crippen MR) is 108 cm³/mol. The number of benzene rings is 2. The molecular formula is C19H21N5O4S. The van der Waals surface area contributed by atoms with Crippen LogP contribution < -0.4 is 10.1 Å². The molecule has 29 heavy (non-hydrogen) atoms. The van der Waals surface area contributed by atoms with Gasteiger partial charge in [0.25, 0.3) is 0 Å². The Kier molecular flexibility index (Phi) is 5.92. The van der Waals surface area contributed by atoms with Crippen LogP contribution >= 0.6 is 0 Å². The van der Waals surface area contributed by atoms with E-state index in [1.54, 1.807) is 18.2 Å². The smallest absolute Gasteiger partial charge is 0.248 e. The highest BCUT2D eigenvalue weighted by atomic mass is 32.2. The number of anilines is 1. The van der Waals surface area contributed by atoms with Crippen LogP contribution in [0, 0.1) is 6.92 Å². The lowest BCUT2D eigenvalue weighted by Gasteiger charge is -2.11. The first-order valence-corrected chi connectivity index (χ1v) is 10.8. The molecule has 1 heterocycles. The maximum absolute atomic E-state index is 12.4. The van der Waals surface area contributed by atoms with E-state index in [0.717, 1.165) is 17.4 Å². The molecule has 0 fully saturated rings. The van der Waals surface area contributed by atoms with Gasteiger partial charge in [0.2, 0.25) is 11.7 Å². The molecule has 3 aromatic rings. The summed E-state index contributed by atoms with van der Waals surface area (Å²) in [5.41, 5.74) is 2.84. The molecule has 0 saturated carbocycles. The fraction of sp³-hybridized carbons (Fsp3) is 0.263. The van der Waals surface area contributed by atoms with Crippen LogP contribution in [0.15, 0.2) is 42.5 Å². The van der Waals surface area contributed by atoms with E-state index in [-0.39, 0.29) is 12.3 Å². The summed E-state index contributed by atoms with van der Waals surface area (Å²) in [6.07, 6.45) is 1.15. The highest BCUT2D eigenvalue weighted by Crippen LogP contribution is 2.26. The first-order valence-electron chi connectivity index (χ1n) is 8.73. The Balaban J connectivity index is 1.72. The Morgan fingerprint density at radius 2 is 1.90 bits per heavy atom. The normalized spacial score (nSPS) is 11.3. The Labute approximate surface area is 168 Å². The summed E-state index contributed by atoms with van der Waals surface area (Å²) < 4.78 is 28.3. The van der Waals surface area contributed by atoms with Crippen molar-refractivity contribution in [2.45, 2.75) is 19.2 Å². The molecular weight excluding hydrogens is 394 g/mol. The number of ether oxygens (including phenoxy) is 1. The number of aryl methyl sites for hydroxylation is 1. The minimum absolute atomic E-state index is 0.135. The van der Waals surface area contributed by atoms with E-state index in [9.17, 15) is 13.2 Å². The average Bonchev–Trinajstić information content (AvgIpc) is 3.09. The van der Waals surface area contributed by atoms with Crippen molar-refractivity contribution < 1.29 is 17.9 Å². The number of rotatable bonds is 7. The van der Waals surface area contributed by atoms with Gasteiger partial charge in [-0.15, -0.1) is 10.2 Å². The molecule has 0 unspecified atom stereocenters. The highest BCUT2D eigenvalue weighted by Gasteiger charge is 2.14. The van der Waals surface area contributed by atoms with Crippen LogP contribution in [0.1, 0.15) is 11.1 Å². The van der Waals surface area contributed by atoms with E-state index < -0.39 is 15.7 Å². The Hall–Kier alpha value is -3.27. The van der Waals surface area contributed by atoms with Crippen molar-refractivity contribution in [3.8, 4) is 17.1 Å². The first-order chi connectivity index (χ1) is 13.7. The van der Waals surface area contributed by atoms with Crippen molar-refractivity contribution in [2.24, 2.45) is 0 Å². The molecule has 0 atom stereocenters. The van der Waals surface area contributed by atoms with Crippen LogP contribution in [0.25, 0.3) is 11.4 Å². The van der Waals surface area contributed by atoms with Crippen molar-refractivity contribution in [1.29, 1.82) is 0 Å². The number of carbonyl (C=O) groups is 1. The molecule has 0 saturated heterocycles. The number of aromatic nitrogens is 4. The average molecular weight is 415 g/mol. The minimum Gasteiger partial charge on any atom is -0.495 e. The van der Waals surface area contributed by atoms with Gasteiger partial charge in [-0.2, -0.15) is 4.80 Å². The maximum atomic E-state index is 12.4. The molecule has 2 aromatic carbocycles. The van der Waals surface area contributed by atoms with E-state index in [2.05, 4.69) is 20.7 Å². The molecule has 0 aliphatic rings. The highest BCUT2D eigenvalue weighted by molar-refractivity contribution is 7.89. The molecule has 0 aliphatic heterocycles. The monoisotopic (exact) mass is 415 g/mol. The van der Waals surface area contributed by atoms with Gasteiger partial charge in [0.1, 0.15) is 12.3 Å². The minimum atomic E-state index is -3.20. The molecule has 10 heteroatoms. The molecule has 1 N–H and O–H groups in total. The second-order valence-corrected chi connectivity index (χ2v) is 8.80. The zero-order chi connectivity index (χ0) is 21.0. The summed E-state index contributed by atoms with van der Waals surface area (Å²) in [4.78, 5) is 13.6. The molecule has 0 radical (unpaired) electrons. The van der Waals surface area contributed by atoms with Gasteiger partial charge in [0.15, 0.2) is 9.84 Å². The molecule has 1 amide bonds. The van der Waals surface area contributed by atoms with Crippen LogP contribution in [0.3, 0.4) is 0 Å². The standard InChI is InChI=1S/C19H21N5O4S/c1-13-4-7-15(8-5-13)19-21-23-24(22-19)11-18(25)20-16-10-14(12-29(3,26)27)6-9-17(16)28-2/h4-10H,11-12H2,1-3H3,(H,20,25). The van der Waals surface area contributed by atoms with Crippen molar-refractivity contribution in [3.63, 3.8) is 0 Å². The maximum Gasteiger partial charge on any atom is 0.248 e. The van der Waals surface area contributed by atoms with Gasteiger partial charge in [-0.25, -0.2) is 8.42 Å². The Morgan fingerprint density at radius 3 is 2.55 bits per heavy atom. The largest absolute Gasteiger partial charge is 0.495 e.